The Balaban J connectivity index is 2.44. The number of nitrogens with one attached hydrogen (secondary N) is 1. The topological polar surface area (TPSA) is 72.2 Å². The van der Waals surface area contributed by atoms with Crippen molar-refractivity contribution in [2.24, 2.45) is 5.73 Å². The van der Waals surface area contributed by atoms with Crippen molar-refractivity contribution in [2.45, 2.75) is 6.92 Å². The van der Waals surface area contributed by atoms with E-state index in [1.54, 1.807) is 17.4 Å². The normalized spacial score (nSPS) is 10.2. The van der Waals surface area contributed by atoms with Crippen molar-refractivity contribution in [1.82, 2.24) is 0 Å². The Labute approximate surface area is 106 Å². The van der Waals surface area contributed by atoms with Crippen LogP contribution in [-0.4, -0.2) is 11.8 Å². The maximum absolute atomic E-state index is 11.3. The molecule has 4 nitrogen and oxygen atoms in total. The maximum atomic E-state index is 11.3. The number of rotatable bonds is 3. The molecule has 2 aromatic heterocycles. The summed E-state index contributed by atoms with van der Waals surface area (Å²) in [5, 5.41) is 5.08. The van der Waals surface area contributed by atoms with E-state index in [1.165, 1.54) is 18.3 Å². The standard InChI is InChI=1S/C11H10N2O2S2/c1-6(14)13-11-7(10(12)15)5-9(17-11)8-3-2-4-16-8/h2-5H,1H3,(H2,12,15)(H,13,14). The first-order chi connectivity index (χ1) is 8.08. The zero-order valence-corrected chi connectivity index (χ0v) is 10.7. The fourth-order valence-corrected chi connectivity index (χ4v) is 3.30. The van der Waals surface area contributed by atoms with Gasteiger partial charge >= 0.3 is 0 Å². The van der Waals surface area contributed by atoms with Crippen LogP contribution in [0.25, 0.3) is 9.75 Å². The van der Waals surface area contributed by atoms with Gasteiger partial charge in [0.2, 0.25) is 5.91 Å². The van der Waals surface area contributed by atoms with Gasteiger partial charge in [-0.15, -0.1) is 22.7 Å². The van der Waals surface area contributed by atoms with E-state index in [0.717, 1.165) is 9.75 Å². The van der Waals surface area contributed by atoms with Crippen LogP contribution in [0.2, 0.25) is 0 Å². The Kier molecular flexibility index (Phi) is 3.26. The van der Waals surface area contributed by atoms with E-state index in [2.05, 4.69) is 5.32 Å². The number of nitrogens with two attached hydrogens (primary N) is 1. The summed E-state index contributed by atoms with van der Waals surface area (Å²) in [6.45, 7) is 1.40. The van der Waals surface area contributed by atoms with Crippen LogP contribution >= 0.6 is 22.7 Å². The van der Waals surface area contributed by atoms with Crippen molar-refractivity contribution in [3.63, 3.8) is 0 Å². The molecule has 0 saturated carbocycles. The van der Waals surface area contributed by atoms with Crippen LogP contribution in [0.15, 0.2) is 23.6 Å². The SMILES string of the molecule is CC(=O)Nc1sc(-c2cccs2)cc1C(N)=O. The largest absolute Gasteiger partial charge is 0.366 e. The number of carbonyl (C=O) groups excluding carboxylic acids is 2. The highest BCUT2D eigenvalue weighted by atomic mass is 32.1. The second-order valence-corrected chi connectivity index (χ2v) is 5.38. The second kappa shape index (κ2) is 4.68. The molecule has 2 aromatic rings. The third-order valence-electron chi connectivity index (χ3n) is 2.05. The van der Waals surface area contributed by atoms with Crippen molar-refractivity contribution in [3.05, 3.63) is 29.1 Å². The molecule has 3 N–H and O–H groups in total. The first-order valence-electron chi connectivity index (χ1n) is 4.83. The quantitative estimate of drug-likeness (QED) is 0.896. The number of hydrogen-bond acceptors (Lipinski definition) is 4. The monoisotopic (exact) mass is 266 g/mol. The van der Waals surface area contributed by atoms with Gasteiger partial charge in [0.05, 0.1) is 5.56 Å². The molecule has 0 radical (unpaired) electrons. The van der Waals surface area contributed by atoms with Crippen LogP contribution in [-0.2, 0) is 4.79 Å². The lowest BCUT2D eigenvalue weighted by Crippen LogP contribution is -2.14. The Morgan fingerprint density at radius 1 is 1.35 bits per heavy atom. The summed E-state index contributed by atoms with van der Waals surface area (Å²) >= 11 is 2.93. The van der Waals surface area contributed by atoms with Crippen LogP contribution in [0.4, 0.5) is 5.00 Å². The molecule has 2 heterocycles. The summed E-state index contributed by atoms with van der Waals surface area (Å²) in [7, 11) is 0. The Morgan fingerprint density at radius 2 is 2.12 bits per heavy atom. The number of anilines is 1. The van der Waals surface area contributed by atoms with Crippen LogP contribution in [0.3, 0.4) is 0 Å². The minimum atomic E-state index is -0.534. The average Bonchev–Trinajstić information content (AvgIpc) is 2.82. The van der Waals surface area contributed by atoms with Gasteiger partial charge in [-0.2, -0.15) is 0 Å². The van der Waals surface area contributed by atoms with Gasteiger partial charge in [0.15, 0.2) is 0 Å². The second-order valence-electron chi connectivity index (χ2n) is 3.38. The molecule has 0 saturated heterocycles. The van der Waals surface area contributed by atoms with Crippen LogP contribution in [0.5, 0.6) is 0 Å². The molecule has 17 heavy (non-hydrogen) atoms. The van der Waals surface area contributed by atoms with Crippen molar-refractivity contribution < 1.29 is 9.59 Å². The van der Waals surface area contributed by atoms with Gasteiger partial charge in [-0.25, -0.2) is 0 Å². The lowest BCUT2D eigenvalue weighted by Gasteiger charge is -1.99. The van der Waals surface area contributed by atoms with E-state index in [-0.39, 0.29) is 5.91 Å². The van der Waals surface area contributed by atoms with E-state index in [4.69, 9.17) is 5.73 Å². The van der Waals surface area contributed by atoms with E-state index in [0.29, 0.717) is 10.6 Å². The Hall–Kier alpha value is -1.66. The summed E-state index contributed by atoms with van der Waals surface area (Å²) in [5.41, 5.74) is 5.63. The number of primary amides is 1. The molecule has 0 fully saturated rings. The van der Waals surface area contributed by atoms with Gasteiger partial charge in [0, 0.05) is 16.7 Å². The number of hydrogen-bond donors (Lipinski definition) is 2. The van der Waals surface area contributed by atoms with Gasteiger partial charge in [-0.05, 0) is 17.5 Å². The summed E-state index contributed by atoms with van der Waals surface area (Å²) < 4.78 is 0. The zero-order chi connectivity index (χ0) is 12.4. The number of thiophene rings is 2. The highest BCUT2D eigenvalue weighted by Gasteiger charge is 2.15. The lowest BCUT2D eigenvalue weighted by atomic mass is 10.2. The molecule has 0 bridgehead atoms. The van der Waals surface area contributed by atoms with Gasteiger partial charge < -0.3 is 11.1 Å². The fraction of sp³-hybridized carbons (Fsp3) is 0.0909. The van der Waals surface area contributed by atoms with E-state index in [1.807, 2.05) is 17.5 Å². The number of amides is 2. The fourth-order valence-electron chi connectivity index (χ4n) is 1.37. The minimum absolute atomic E-state index is 0.216. The van der Waals surface area contributed by atoms with Crippen molar-refractivity contribution in [3.8, 4) is 9.75 Å². The molecule has 0 aliphatic rings. The molecule has 0 unspecified atom stereocenters. The third-order valence-corrected chi connectivity index (χ3v) is 4.17. The molecular formula is C11H10N2O2S2. The van der Waals surface area contributed by atoms with Gasteiger partial charge in [0.1, 0.15) is 5.00 Å². The molecule has 2 amide bonds. The van der Waals surface area contributed by atoms with Crippen molar-refractivity contribution in [1.29, 1.82) is 0 Å². The maximum Gasteiger partial charge on any atom is 0.251 e. The molecule has 0 spiro atoms. The summed E-state index contributed by atoms with van der Waals surface area (Å²) in [4.78, 5) is 24.3. The zero-order valence-electron chi connectivity index (χ0n) is 9.02. The predicted octanol–water partition coefficient (Wildman–Crippen LogP) is 2.53. The molecule has 0 aromatic carbocycles. The van der Waals surface area contributed by atoms with Crippen LogP contribution in [0, 0.1) is 0 Å². The first kappa shape index (κ1) is 11.8. The van der Waals surface area contributed by atoms with Crippen molar-refractivity contribution >= 4 is 39.5 Å². The Morgan fingerprint density at radius 3 is 2.65 bits per heavy atom. The summed E-state index contributed by atoms with van der Waals surface area (Å²) in [6.07, 6.45) is 0. The minimum Gasteiger partial charge on any atom is -0.366 e. The highest BCUT2D eigenvalue weighted by molar-refractivity contribution is 7.24. The van der Waals surface area contributed by atoms with Crippen molar-refractivity contribution in [2.75, 3.05) is 5.32 Å². The smallest absolute Gasteiger partial charge is 0.251 e. The lowest BCUT2D eigenvalue weighted by molar-refractivity contribution is -0.114. The predicted molar refractivity (Wildman–Crippen MR) is 70.5 cm³/mol. The molecule has 0 atom stereocenters. The van der Waals surface area contributed by atoms with Gasteiger partial charge in [-0.1, -0.05) is 6.07 Å². The van der Waals surface area contributed by atoms with Gasteiger partial charge in [-0.3, -0.25) is 9.59 Å². The molecule has 2 rings (SSSR count). The molecular weight excluding hydrogens is 256 g/mol. The van der Waals surface area contributed by atoms with Gasteiger partial charge in [0.25, 0.3) is 5.91 Å². The Bertz CT molecular complexity index is 558. The van der Waals surface area contributed by atoms with E-state index >= 15 is 0 Å². The average molecular weight is 266 g/mol. The molecule has 0 aliphatic heterocycles. The highest BCUT2D eigenvalue weighted by Crippen LogP contribution is 2.37. The van der Waals surface area contributed by atoms with Crippen LogP contribution in [0.1, 0.15) is 17.3 Å². The summed E-state index contributed by atoms with van der Waals surface area (Å²) in [6, 6.07) is 5.60. The number of carbonyl (C=O) groups is 2. The molecule has 0 aliphatic carbocycles. The van der Waals surface area contributed by atoms with E-state index in [9.17, 15) is 9.59 Å². The van der Waals surface area contributed by atoms with E-state index < -0.39 is 5.91 Å². The summed E-state index contributed by atoms with van der Waals surface area (Å²) in [5.74, 6) is -0.750. The molecule has 88 valence electrons. The third kappa shape index (κ3) is 2.54. The molecule has 6 heteroatoms. The van der Waals surface area contributed by atoms with Crippen LogP contribution < -0.4 is 11.1 Å². The first-order valence-corrected chi connectivity index (χ1v) is 6.52.